The highest BCUT2D eigenvalue weighted by atomic mass is 16.2. The molecule has 1 saturated carbocycles. The molecule has 0 radical (unpaired) electrons. The number of hydrogen-bond donors (Lipinski definition) is 1. The zero-order chi connectivity index (χ0) is 13.1. The van der Waals surface area contributed by atoms with Crippen LogP contribution in [0.4, 0.5) is 0 Å². The van der Waals surface area contributed by atoms with E-state index >= 15 is 0 Å². The SMILES string of the molecule is O=C(NCc1cccnc1)c1ccnn1CC1CC1. The Kier molecular flexibility index (Phi) is 3.27. The number of rotatable bonds is 5. The van der Waals surface area contributed by atoms with Crippen molar-refractivity contribution in [3.63, 3.8) is 0 Å². The smallest absolute Gasteiger partial charge is 0.269 e. The number of hydrogen-bond acceptors (Lipinski definition) is 3. The van der Waals surface area contributed by atoms with E-state index in [9.17, 15) is 4.79 Å². The van der Waals surface area contributed by atoms with Crippen LogP contribution in [0.25, 0.3) is 0 Å². The summed E-state index contributed by atoms with van der Waals surface area (Å²) in [6.07, 6.45) is 7.65. The lowest BCUT2D eigenvalue weighted by Gasteiger charge is -2.07. The number of amides is 1. The predicted molar refractivity (Wildman–Crippen MR) is 70.4 cm³/mol. The van der Waals surface area contributed by atoms with Crippen LogP contribution in [0.15, 0.2) is 36.8 Å². The maximum absolute atomic E-state index is 12.1. The fraction of sp³-hybridized carbons (Fsp3) is 0.357. The van der Waals surface area contributed by atoms with Crippen LogP contribution in [0.2, 0.25) is 0 Å². The number of aromatic nitrogens is 3. The third-order valence-corrected chi connectivity index (χ3v) is 3.25. The summed E-state index contributed by atoms with van der Waals surface area (Å²) in [7, 11) is 0. The Balaban J connectivity index is 1.62. The van der Waals surface area contributed by atoms with Gasteiger partial charge in [0.05, 0.1) is 0 Å². The van der Waals surface area contributed by atoms with Gasteiger partial charge in [0.2, 0.25) is 0 Å². The van der Waals surface area contributed by atoms with Gasteiger partial charge in [-0.2, -0.15) is 5.10 Å². The minimum Gasteiger partial charge on any atom is -0.347 e. The number of carbonyl (C=O) groups excluding carboxylic acids is 1. The Labute approximate surface area is 111 Å². The summed E-state index contributed by atoms with van der Waals surface area (Å²) in [4.78, 5) is 16.1. The molecule has 0 bridgehead atoms. The lowest BCUT2D eigenvalue weighted by Crippen LogP contribution is -2.26. The second-order valence-electron chi connectivity index (χ2n) is 4.89. The molecule has 1 aliphatic carbocycles. The first kappa shape index (κ1) is 11.9. The monoisotopic (exact) mass is 256 g/mol. The van der Waals surface area contributed by atoms with Gasteiger partial charge in [-0.25, -0.2) is 0 Å². The fourth-order valence-corrected chi connectivity index (χ4v) is 1.99. The molecule has 98 valence electrons. The fourth-order valence-electron chi connectivity index (χ4n) is 1.99. The van der Waals surface area contributed by atoms with Crippen molar-refractivity contribution in [1.29, 1.82) is 0 Å². The lowest BCUT2D eigenvalue weighted by molar-refractivity contribution is 0.0939. The van der Waals surface area contributed by atoms with Crippen LogP contribution in [0.1, 0.15) is 28.9 Å². The van der Waals surface area contributed by atoms with Crippen LogP contribution >= 0.6 is 0 Å². The summed E-state index contributed by atoms with van der Waals surface area (Å²) < 4.78 is 1.80. The normalized spacial score (nSPS) is 14.3. The minimum atomic E-state index is -0.0815. The van der Waals surface area contributed by atoms with E-state index in [2.05, 4.69) is 15.4 Å². The third-order valence-electron chi connectivity index (χ3n) is 3.25. The zero-order valence-electron chi connectivity index (χ0n) is 10.6. The zero-order valence-corrected chi connectivity index (χ0v) is 10.6. The molecule has 1 N–H and O–H groups in total. The summed E-state index contributed by atoms with van der Waals surface area (Å²) >= 11 is 0. The summed E-state index contributed by atoms with van der Waals surface area (Å²) in [5.41, 5.74) is 1.62. The van der Waals surface area contributed by atoms with E-state index < -0.39 is 0 Å². The summed E-state index contributed by atoms with van der Waals surface area (Å²) in [5, 5.41) is 7.11. The Bertz CT molecular complexity index is 560. The number of nitrogens with zero attached hydrogens (tertiary/aromatic N) is 3. The molecular formula is C14H16N4O. The average Bonchev–Trinajstić information content (AvgIpc) is 3.13. The van der Waals surface area contributed by atoms with Gasteiger partial charge >= 0.3 is 0 Å². The molecular weight excluding hydrogens is 240 g/mol. The molecule has 5 heteroatoms. The maximum atomic E-state index is 12.1. The third kappa shape index (κ3) is 2.99. The average molecular weight is 256 g/mol. The van der Waals surface area contributed by atoms with E-state index in [1.165, 1.54) is 12.8 Å². The van der Waals surface area contributed by atoms with Gasteiger partial charge in [-0.15, -0.1) is 0 Å². The number of pyridine rings is 1. The van der Waals surface area contributed by atoms with E-state index in [0.717, 1.165) is 12.1 Å². The van der Waals surface area contributed by atoms with Crippen molar-refractivity contribution < 1.29 is 4.79 Å². The van der Waals surface area contributed by atoms with Gasteiger partial charge in [-0.3, -0.25) is 14.5 Å². The van der Waals surface area contributed by atoms with Gasteiger partial charge < -0.3 is 5.32 Å². The lowest BCUT2D eigenvalue weighted by atomic mass is 10.3. The van der Waals surface area contributed by atoms with Gasteiger partial charge in [-0.1, -0.05) is 6.07 Å². The van der Waals surface area contributed by atoms with E-state index in [-0.39, 0.29) is 5.91 Å². The van der Waals surface area contributed by atoms with Crippen molar-refractivity contribution >= 4 is 5.91 Å². The number of nitrogens with one attached hydrogen (secondary N) is 1. The first-order chi connectivity index (χ1) is 9.33. The molecule has 3 rings (SSSR count). The van der Waals surface area contributed by atoms with E-state index in [1.807, 2.05) is 12.1 Å². The van der Waals surface area contributed by atoms with Gasteiger partial charge in [-0.05, 0) is 36.5 Å². The molecule has 0 spiro atoms. The van der Waals surface area contributed by atoms with Gasteiger partial charge in [0.1, 0.15) is 5.69 Å². The Hall–Kier alpha value is -2.17. The molecule has 1 amide bonds. The summed E-state index contributed by atoms with van der Waals surface area (Å²) in [5.74, 6) is 0.617. The highest BCUT2D eigenvalue weighted by molar-refractivity contribution is 5.92. The molecule has 19 heavy (non-hydrogen) atoms. The topological polar surface area (TPSA) is 59.8 Å². The van der Waals surface area contributed by atoms with Crippen molar-refractivity contribution in [1.82, 2.24) is 20.1 Å². The Morgan fingerprint density at radius 1 is 1.37 bits per heavy atom. The first-order valence-corrected chi connectivity index (χ1v) is 6.52. The summed E-state index contributed by atoms with van der Waals surface area (Å²) in [6.45, 7) is 1.34. The molecule has 0 atom stereocenters. The van der Waals surface area contributed by atoms with Crippen LogP contribution in [0.5, 0.6) is 0 Å². The van der Waals surface area contributed by atoms with Crippen LogP contribution in [0, 0.1) is 5.92 Å². The summed E-state index contributed by atoms with van der Waals surface area (Å²) in [6, 6.07) is 5.56. The van der Waals surface area contributed by atoms with E-state index in [4.69, 9.17) is 0 Å². The van der Waals surface area contributed by atoms with Gasteiger partial charge in [0.25, 0.3) is 5.91 Å². The van der Waals surface area contributed by atoms with Crippen LogP contribution in [-0.4, -0.2) is 20.7 Å². The maximum Gasteiger partial charge on any atom is 0.269 e. The Morgan fingerprint density at radius 3 is 3.00 bits per heavy atom. The Morgan fingerprint density at radius 2 is 2.26 bits per heavy atom. The van der Waals surface area contributed by atoms with Crippen molar-refractivity contribution in [2.75, 3.05) is 0 Å². The van der Waals surface area contributed by atoms with Crippen molar-refractivity contribution in [3.8, 4) is 0 Å². The minimum absolute atomic E-state index is 0.0815. The molecule has 0 aromatic carbocycles. The highest BCUT2D eigenvalue weighted by Crippen LogP contribution is 2.30. The molecule has 5 nitrogen and oxygen atoms in total. The molecule has 0 unspecified atom stereocenters. The second-order valence-corrected chi connectivity index (χ2v) is 4.89. The van der Waals surface area contributed by atoms with E-state index in [1.54, 1.807) is 29.3 Å². The molecule has 2 aromatic heterocycles. The molecule has 0 saturated heterocycles. The number of carbonyl (C=O) groups is 1. The molecule has 1 fully saturated rings. The largest absolute Gasteiger partial charge is 0.347 e. The molecule has 1 aliphatic rings. The predicted octanol–water partition coefficient (Wildman–Crippen LogP) is 1.62. The highest BCUT2D eigenvalue weighted by Gasteiger charge is 2.24. The molecule has 2 heterocycles. The molecule has 2 aromatic rings. The van der Waals surface area contributed by atoms with Gasteiger partial charge in [0, 0.05) is 31.7 Å². The van der Waals surface area contributed by atoms with Crippen LogP contribution < -0.4 is 5.32 Å². The van der Waals surface area contributed by atoms with Crippen LogP contribution in [-0.2, 0) is 13.1 Å². The second kappa shape index (κ2) is 5.22. The van der Waals surface area contributed by atoms with Crippen LogP contribution in [0.3, 0.4) is 0 Å². The first-order valence-electron chi connectivity index (χ1n) is 6.52. The molecule has 0 aliphatic heterocycles. The van der Waals surface area contributed by atoms with Gasteiger partial charge in [0.15, 0.2) is 0 Å². The standard InChI is InChI=1S/C14H16N4O/c19-14(16-9-12-2-1-6-15-8-12)13-5-7-17-18(13)10-11-3-4-11/h1-2,5-8,11H,3-4,9-10H2,(H,16,19). The van der Waals surface area contributed by atoms with Crippen molar-refractivity contribution in [2.24, 2.45) is 5.92 Å². The quantitative estimate of drug-likeness (QED) is 0.884. The van der Waals surface area contributed by atoms with Crippen molar-refractivity contribution in [3.05, 3.63) is 48.0 Å². The van der Waals surface area contributed by atoms with Crippen molar-refractivity contribution in [2.45, 2.75) is 25.9 Å². The van der Waals surface area contributed by atoms with E-state index in [0.29, 0.717) is 18.2 Å².